The van der Waals surface area contributed by atoms with E-state index >= 15 is 0 Å². The summed E-state index contributed by atoms with van der Waals surface area (Å²) in [5, 5.41) is 11.6. The highest BCUT2D eigenvalue weighted by atomic mass is 35.5. The molecule has 0 bridgehead atoms. The van der Waals surface area contributed by atoms with Crippen LogP contribution in [-0.4, -0.2) is 26.3 Å². The van der Waals surface area contributed by atoms with Crippen LogP contribution in [-0.2, 0) is 25.9 Å². The van der Waals surface area contributed by atoms with E-state index in [1.54, 1.807) is 24.3 Å². The summed E-state index contributed by atoms with van der Waals surface area (Å²) < 4.78 is 5.88. The number of fused-ring (bicyclic) bond motifs is 1. The highest BCUT2D eigenvalue weighted by Crippen LogP contribution is 2.33. The molecule has 4 rings (SSSR count). The van der Waals surface area contributed by atoms with Crippen LogP contribution in [0.1, 0.15) is 36.2 Å². The summed E-state index contributed by atoms with van der Waals surface area (Å²) in [6.07, 6.45) is 2.39. The molecule has 30 heavy (non-hydrogen) atoms. The first-order chi connectivity index (χ1) is 14.4. The molecule has 0 unspecified atom stereocenters. The van der Waals surface area contributed by atoms with Gasteiger partial charge < -0.3 is 9.40 Å². The van der Waals surface area contributed by atoms with E-state index in [1.165, 1.54) is 6.07 Å². The quantitative estimate of drug-likeness (QED) is 0.468. The minimum absolute atomic E-state index is 0.0786. The van der Waals surface area contributed by atoms with Crippen LogP contribution in [0.25, 0.3) is 11.3 Å². The van der Waals surface area contributed by atoms with Crippen LogP contribution in [0.3, 0.4) is 0 Å². The van der Waals surface area contributed by atoms with E-state index in [-0.39, 0.29) is 11.2 Å². The molecule has 1 aliphatic rings. The van der Waals surface area contributed by atoms with Crippen molar-refractivity contribution in [3.8, 4) is 11.3 Å². The summed E-state index contributed by atoms with van der Waals surface area (Å²) in [6, 6.07) is 8.01. The standard InChI is InChI=1S/C21H21ClN4O4/c1-2-3-20-23-17-8-9-25(12-16(17)21(27)24-20)11-14-5-7-19(30-14)15-6-4-13(22)10-18(15)26(28)29/h4-7,10H,2-3,8-9,11-12H2,1H3,(H,23,24,27). The highest BCUT2D eigenvalue weighted by Gasteiger charge is 2.23. The Morgan fingerprint density at radius 1 is 1.33 bits per heavy atom. The van der Waals surface area contributed by atoms with Gasteiger partial charge in [-0.15, -0.1) is 0 Å². The summed E-state index contributed by atoms with van der Waals surface area (Å²) in [4.78, 5) is 32.9. The van der Waals surface area contributed by atoms with Crippen LogP contribution in [0.4, 0.5) is 5.69 Å². The van der Waals surface area contributed by atoms with E-state index in [0.717, 1.165) is 30.9 Å². The molecule has 8 nitrogen and oxygen atoms in total. The van der Waals surface area contributed by atoms with E-state index in [4.69, 9.17) is 16.0 Å². The molecule has 1 N–H and O–H groups in total. The third-order valence-electron chi connectivity index (χ3n) is 5.15. The van der Waals surface area contributed by atoms with Gasteiger partial charge in [0.1, 0.15) is 17.3 Å². The Bertz CT molecular complexity index is 1150. The van der Waals surface area contributed by atoms with Gasteiger partial charge in [0.15, 0.2) is 0 Å². The fourth-order valence-corrected chi connectivity index (χ4v) is 3.88. The van der Waals surface area contributed by atoms with Gasteiger partial charge in [-0.25, -0.2) is 4.98 Å². The molecule has 0 amide bonds. The lowest BCUT2D eigenvalue weighted by molar-refractivity contribution is -0.384. The normalized spacial score (nSPS) is 13.9. The molecule has 0 saturated heterocycles. The third-order valence-corrected chi connectivity index (χ3v) is 5.38. The molecule has 0 spiro atoms. The molecule has 0 atom stereocenters. The van der Waals surface area contributed by atoms with Crippen LogP contribution in [0.15, 0.2) is 39.5 Å². The lowest BCUT2D eigenvalue weighted by Gasteiger charge is -2.26. The van der Waals surface area contributed by atoms with Crippen molar-refractivity contribution >= 4 is 17.3 Å². The average molecular weight is 429 g/mol. The number of aryl methyl sites for hydroxylation is 1. The predicted octanol–water partition coefficient (Wildman–Crippen LogP) is 4.10. The molecule has 1 aromatic carbocycles. The third kappa shape index (κ3) is 4.15. The van der Waals surface area contributed by atoms with Crippen molar-refractivity contribution in [2.75, 3.05) is 6.54 Å². The molecule has 0 fully saturated rings. The molecule has 156 valence electrons. The van der Waals surface area contributed by atoms with Gasteiger partial charge in [0, 0.05) is 37.0 Å². The fourth-order valence-electron chi connectivity index (χ4n) is 3.71. The lowest BCUT2D eigenvalue weighted by Crippen LogP contribution is -2.35. The second-order valence-corrected chi connectivity index (χ2v) is 7.77. The summed E-state index contributed by atoms with van der Waals surface area (Å²) >= 11 is 5.89. The first kappa shape index (κ1) is 20.3. The van der Waals surface area contributed by atoms with Crippen molar-refractivity contribution in [2.24, 2.45) is 0 Å². The molecule has 2 aromatic heterocycles. The first-order valence-corrected chi connectivity index (χ1v) is 10.2. The Kier molecular flexibility index (Phi) is 5.69. The minimum Gasteiger partial charge on any atom is -0.459 e. The van der Waals surface area contributed by atoms with Crippen LogP contribution >= 0.6 is 11.6 Å². The van der Waals surface area contributed by atoms with Gasteiger partial charge >= 0.3 is 0 Å². The van der Waals surface area contributed by atoms with E-state index in [9.17, 15) is 14.9 Å². The first-order valence-electron chi connectivity index (χ1n) is 9.81. The van der Waals surface area contributed by atoms with Crippen LogP contribution in [0, 0.1) is 10.1 Å². The summed E-state index contributed by atoms with van der Waals surface area (Å²) in [5.74, 6) is 1.83. The van der Waals surface area contributed by atoms with Crippen molar-refractivity contribution in [2.45, 2.75) is 39.3 Å². The Balaban J connectivity index is 1.52. The maximum Gasteiger partial charge on any atom is 0.281 e. The number of rotatable bonds is 6. The van der Waals surface area contributed by atoms with Gasteiger partial charge in [-0.3, -0.25) is 19.8 Å². The van der Waals surface area contributed by atoms with E-state index in [1.807, 2.05) is 0 Å². The van der Waals surface area contributed by atoms with E-state index in [2.05, 4.69) is 21.8 Å². The SMILES string of the molecule is CCCc1nc2c(c(=O)[nH]1)CN(Cc1ccc(-c3ccc(Cl)cc3[N+](=O)[O-])o1)CC2. The monoisotopic (exact) mass is 428 g/mol. The van der Waals surface area contributed by atoms with Crippen molar-refractivity contribution in [3.63, 3.8) is 0 Å². The molecule has 3 aromatic rings. The maximum absolute atomic E-state index is 12.5. The molecule has 0 saturated carbocycles. The van der Waals surface area contributed by atoms with Crippen LogP contribution in [0.2, 0.25) is 5.02 Å². The average Bonchev–Trinajstić information content (AvgIpc) is 3.17. The Morgan fingerprint density at radius 3 is 2.93 bits per heavy atom. The zero-order valence-electron chi connectivity index (χ0n) is 16.5. The smallest absolute Gasteiger partial charge is 0.281 e. The van der Waals surface area contributed by atoms with Crippen LogP contribution in [0.5, 0.6) is 0 Å². The van der Waals surface area contributed by atoms with Gasteiger partial charge in [-0.05, 0) is 30.7 Å². The summed E-state index contributed by atoms with van der Waals surface area (Å²) in [6.45, 7) is 3.79. The highest BCUT2D eigenvalue weighted by molar-refractivity contribution is 6.30. The molecule has 3 heterocycles. The van der Waals surface area contributed by atoms with Crippen molar-refractivity contribution in [3.05, 3.63) is 78.7 Å². The number of aromatic amines is 1. The van der Waals surface area contributed by atoms with Gasteiger partial charge in [0.2, 0.25) is 0 Å². The number of nitro benzene ring substituents is 1. The second-order valence-electron chi connectivity index (χ2n) is 7.33. The van der Waals surface area contributed by atoms with Crippen molar-refractivity contribution in [1.29, 1.82) is 0 Å². The van der Waals surface area contributed by atoms with Gasteiger partial charge in [-0.1, -0.05) is 18.5 Å². The zero-order valence-corrected chi connectivity index (χ0v) is 17.2. The number of aromatic nitrogens is 2. The summed E-state index contributed by atoms with van der Waals surface area (Å²) in [5.41, 5.74) is 1.76. The molecule has 1 aliphatic heterocycles. The van der Waals surface area contributed by atoms with Crippen molar-refractivity contribution < 1.29 is 9.34 Å². The molecule has 0 radical (unpaired) electrons. The number of furan rings is 1. The number of hydrogen-bond acceptors (Lipinski definition) is 6. The van der Waals surface area contributed by atoms with Crippen LogP contribution < -0.4 is 5.56 Å². The van der Waals surface area contributed by atoms with Gasteiger partial charge in [0.25, 0.3) is 11.2 Å². The predicted molar refractivity (Wildman–Crippen MR) is 112 cm³/mol. The Morgan fingerprint density at radius 2 is 2.17 bits per heavy atom. The molecular weight excluding hydrogens is 408 g/mol. The molecule has 9 heteroatoms. The fraction of sp³-hybridized carbons (Fsp3) is 0.333. The number of H-pyrrole nitrogens is 1. The molecular formula is C21H21ClN4O4. The number of nitrogens with zero attached hydrogens (tertiary/aromatic N) is 3. The van der Waals surface area contributed by atoms with E-state index in [0.29, 0.717) is 47.2 Å². The zero-order chi connectivity index (χ0) is 21.3. The topological polar surface area (TPSA) is 105 Å². The van der Waals surface area contributed by atoms with E-state index < -0.39 is 4.92 Å². The second kappa shape index (κ2) is 8.41. The van der Waals surface area contributed by atoms with Crippen molar-refractivity contribution in [1.82, 2.24) is 14.9 Å². The number of nitrogens with one attached hydrogen (secondary N) is 1. The maximum atomic E-state index is 12.5. The number of hydrogen-bond donors (Lipinski definition) is 1. The Labute approximate surface area is 177 Å². The minimum atomic E-state index is -0.475. The Hall–Kier alpha value is -2.97. The van der Waals surface area contributed by atoms with Gasteiger partial charge in [-0.2, -0.15) is 0 Å². The number of halogens is 1. The lowest BCUT2D eigenvalue weighted by atomic mass is 10.1. The number of nitro groups is 1. The van der Waals surface area contributed by atoms with Gasteiger partial charge in [0.05, 0.1) is 28.3 Å². The summed E-state index contributed by atoms with van der Waals surface area (Å²) in [7, 11) is 0. The number of benzene rings is 1. The largest absolute Gasteiger partial charge is 0.459 e. The molecule has 0 aliphatic carbocycles.